The molecule has 0 aliphatic carbocycles. The minimum absolute atomic E-state index is 0.244. The van der Waals surface area contributed by atoms with E-state index in [1.165, 1.54) is 12.1 Å². The number of pyridine rings is 2. The number of hydrogen-bond donors (Lipinski definition) is 0. The Kier molecular flexibility index (Phi) is 2.75. The second kappa shape index (κ2) is 4.43. The Hall–Kier alpha value is -2.29. The zero-order chi connectivity index (χ0) is 13.4. The van der Waals surface area contributed by atoms with Crippen LogP contribution in [0.15, 0.2) is 42.6 Å². The molecule has 0 radical (unpaired) electrons. The molecule has 0 saturated carbocycles. The third kappa shape index (κ3) is 2.19. The summed E-state index contributed by atoms with van der Waals surface area (Å²) in [5.74, 6) is -0.244. The summed E-state index contributed by atoms with van der Waals surface area (Å²) in [6.45, 7) is 4.03. The molecule has 0 aliphatic rings. The normalized spacial score (nSPS) is 10.9. The van der Waals surface area contributed by atoms with Gasteiger partial charge in [-0.05, 0) is 49.2 Å². The molecule has 0 spiro atoms. The molecule has 1 aromatic carbocycles. The number of aromatic nitrogens is 2. The van der Waals surface area contributed by atoms with Crippen molar-refractivity contribution in [1.29, 1.82) is 0 Å². The van der Waals surface area contributed by atoms with E-state index in [0.29, 0.717) is 0 Å². The molecule has 3 aromatic rings. The first-order valence-electron chi connectivity index (χ1n) is 6.13. The minimum atomic E-state index is -0.244. The fraction of sp³-hybridized carbons (Fsp3) is 0.125. The highest BCUT2D eigenvalue weighted by atomic mass is 19.1. The lowest BCUT2D eigenvalue weighted by Gasteiger charge is -2.06. The van der Waals surface area contributed by atoms with E-state index < -0.39 is 0 Å². The highest BCUT2D eigenvalue weighted by molar-refractivity contribution is 5.81. The summed E-state index contributed by atoms with van der Waals surface area (Å²) in [6, 6.07) is 10.4. The molecule has 2 heterocycles. The van der Waals surface area contributed by atoms with Gasteiger partial charge in [0.05, 0.1) is 16.9 Å². The third-order valence-corrected chi connectivity index (χ3v) is 3.11. The van der Waals surface area contributed by atoms with Crippen LogP contribution in [0.3, 0.4) is 0 Å². The molecule has 3 heteroatoms. The van der Waals surface area contributed by atoms with E-state index in [2.05, 4.69) is 16.0 Å². The lowest BCUT2D eigenvalue weighted by molar-refractivity contribution is 0.629. The Morgan fingerprint density at radius 1 is 1.00 bits per heavy atom. The van der Waals surface area contributed by atoms with Crippen molar-refractivity contribution in [2.45, 2.75) is 13.8 Å². The molecule has 0 atom stereocenters. The van der Waals surface area contributed by atoms with E-state index in [-0.39, 0.29) is 5.82 Å². The highest BCUT2D eigenvalue weighted by Gasteiger charge is 2.06. The van der Waals surface area contributed by atoms with Gasteiger partial charge in [-0.25, -0.2) is 9.37 Å². The van der Waals surface area contributed by atoms with Crippen LogP contribution in [0.1, 0.15) is 11.1 Å². The average molecular weight is 252 g/mol. The maximum Gasteiger partial charge on any atom is 0.123 e. The summed E-state index contributed by atoms with van der Waals surface area (Å²) in [5.41, 5.74) is 4.69. The fourth-order valence-electron chi connectivity index (χ4n) is 2.21. The van der Waals surface area contributed by atoms with Gasteiger partial charge in [0.1, 0.15) is 5.82 Å². The van der Waals surface area contributed by atoms with Crippen LogP contribution < -0.4 is 0 Å². The zero-order valence-electron chi connectivity index (χ0n) is 10.8. The molecule has 0 saturated heterocycles. The van der Waals surface area contributed by atoms with E-state index in [4.69, 9.17) is 0 Å². The molecular weight excluding hydrogens is 239 g/mol. The van der Waals surface area contributed by atoms with Crippen molar-refractivity contribution in [3.63, 3.8) is 0 Å². The molecular formula is C16H13FN2. The van der Waals surface area contributed by atoms with Crippen LogP contribution in [-0.4, -0.2) is 9.97 Å². The van der Waals surface area contributed by atoms with Gasteiger partial charge in [-0.15, -0.1) is 0 Å². The van der Waals surface area contributed by atoms with Crippen LogP contribution in [0.25, 0.3) is 22.3 Å². The maximum atomic E-state index is 13.1. The maximum absolute atomic E-state index is 13.1. The van der Waals surface area contributed by atoms with Crippen LogP contribution in [0.4, 0.5) is 4.39 Å². The van der Waals surface area contributed by atoms with Gasteiger partial charge in [-0.3, -0.25) is 4.98 Å². The van der Waals surface area contributed by atoms with Crippen LogP contribution >= 0.6 is 0 Å². The summed E-state index contributed by atoms with van der Waals surface area (Å²) in [5, 5.41) is 0.800. The molecule has 0 fully saturated rings. The largest absolute Gasteiger partial charge is 0.254 e. The number of rotatable bonds is 1. The van der Waals surface area contributed by atoms with Crippen molar-refractivity contribution in [3.8, 4) is 11.4 Å². The molecule has 0 bridgehead atoms. The van der Waals surface area contributed by atoms with Crippen molar-refractivity contribution in [3.05, 3.63) is 59.5 Å². The van der Waals surface area contributed by atoms with E-state index >= 15 is 0 Å². The predicted octanol–water partition coefficient (Wildman–Crippen LogP) is 4.05. The SMILES string of the molecule is Cc1cnc(-c2ccc3cc(F)ccc3n2)c(C)c1. The zero-order valence-corrected chi connectivity index (χ0v) is 10.8. The van der Waals surface area contributed by atoms with Crippen molar-refractivity contribution < 1.29 is 4.39 Å². The summed E-state index contributed by atoms with van der Waals surface area (Å²) in [7, 11) is 0. The summed E-state index contributed by atoms with van der Waals surface area (Å²) in [4.78, 5) is 8.98. The number of benzene rings is 1. The molecule has 3 rings (SSSR count). The number of fused-ring (bicyclic) bond motifs is 1. The van der Waals surface area contributed by atoms with Crippen molar-refractivity contribution in [1.82, 2.24) is 9.97 Å². The number of aryl methyl sites for hydroxylation is 2. The van der Waals surface area contributed by atoms with E-state index in [0.717, 1.165) is 33.4 Å². The van der Waals surface area contributed by atoms with E-state index in [1.54, 1.807) is 6.07 Å². The van der Waals surface area contributed by atoms with Crippen molar-refractivity contribution >= 4 is 10.9 Å². The Bertz CT molecular complexity index is 766. The van der Waals surface area contributed by atoms with Gasteiger partial charge >= 0.3 is 0 Å². The van der Waals surface area contributed by atoms with Gasteiger partial charge in [-0.1, -0.05) is 12.1 Å². The molecule has 0 N–H and O–H groups in total. The van der Waals surface area contributed by atoms with Gasteiger partial charge in [-0.2, -0.15) is 0 Å². The van der Waals surface area contributed by atoms with Crippen molar-refractivity contribution in [2.75, 3.05) is 0 Å². The standard InChI is InChI=1S/C16H13FN2/c1-10-7-11(2)16(18-9-10)15-5-3-12-8-13(17)4-6-14(12)19-15/h3-9H,1-2H3. The lowest BCUT2D eigenvalue weighted by Crippen LogP contribution is -1.93. The Balaban J connectivity index is 2.17. The Morgan fingerprint density at radius 3 is 2.63 bits per heavy atom. The van der Waals surface area contributed by atoms with Crippen LogP contribution in [-0.2, 0) is 0 Å². The van der Waals surface area contributed by atoms with Crippen molar-refractivity contribution in [2.24, 2.45) is 0 Å². The molecule has 0 amide bonds. The molecule has 19 heavy (non-hydrogen) atoms. The van der Waals surface area contributed by atoms with Gasteiger partial charge in [0.2, 0.25) is 0 Å². The Morgan fingerprint density at radius 2 is 1.84 bits per heavy atom. The molecule has 2 nitrogen and oxygen atoms in total. The van der Waals surface area contributed by atoms with Gasteiger partial charge in [0.15, 0.2) is 0 Å². The Labute approximate surface area is 111 Å². The fourth-order valence-corrected chi connectivity index (χ4v) is 2.21. The monoisotopic (exact) mass is 252 g/mol. The summed E-state index contributed by atoms with van der Waals surface area (Å²) in [6.07, 6.45) is 1.83. The van der Waals surface area contributed by atoms with E-state index in [1.807, 2.05) is 32.2 Å². The smallest absolute Gasteiger partial charge is 0.123 e. The first-order chi connectivity index (χ1) is 9.13. The van der Waals surface area contributed by atoms with Crippen LogP contribution in [0, 0.1) is 19.7 Å². The van der Waals surface area contributed by atoms with Crippen LogP contribution in [0.5, 0.6) is 0 Å². The number of hydrogen-bond acceptors (Lipinski definition) is 2. The highest BCUT2D eigenvalue weighted by Crippen LogP contribution is 2.23. The summed E-state index contributed by atoms with van der Waals surface area (Å²) >= 11 is 0. The average Bonchev–Trinajstić information content (AvgIpc) is 2.38. The lowest BCUT2D eigenvalue weighted by atomic mass is 10.1. The number of nitrogens with zero attached hydrogens (tertiary/aromatic N) is 2. The minimum Gasteiger partial charge on any atom is -0.254 e. The second-order valence-corrected chi connectivity index (χ2v) is 4.71. The molecule has 0 unspecified atom stereocenters. The second-order valence-electron chi connectivity index (χ2n) is 4.71. The quantitative estimate of drug-likeness (QED) is 0.653. The summed E-state index contributed by atoms with van der Waals surface area (Å²) < 4.78 is 13.1. The first-order valence-corrected chi connectivity index (χ1v) is 6.13. The molecule has 2 aromatic heterocycles. The topological polar surface area (TPSA) is 25.8 Å². The molecule has 94 valence electrons. The third-order valence-electron chi connectivity index (χ3n) is 3.11. The van der Waals surface area contributed by atoms with Gasteiger partial charge < -0.3 is 0 Å². The molecule has 0 aliphatic heterocycles. The predicted molar refractivity (Wildman–Crippen MR) is 74.4 cm³/mol. The number of halogens is 1. The van der Waals surface area contributed by atoms with Gasteiger partial charge in [0.25, 0.3) is 0 Å². The van der Waals surface area contributed by atoms with Gasteiger partial charge in [0, 0.05) is 11.6 Å². The van der Waals surface area contributed by atoms with Crippen LogP contribution in [0.2, 0.25) is 0 Å². The first kappa shape index (κ1) is 11.8. The van der Waals surface area contributed by atoms with E-state index in [9.17, 15) is 4.39 Å².